The van der Waals surface area contributed by atoms with E-state index in [9.17, 15) is 4.79 Å². The molecule has 156 valence electrons. The largest absolute Gasteiger partial charge is 0.461 e. The maximum Gasteiger partial charge on any atom is 0.328 e. The third-order valence-corrected chi connectivity index (χ3v) is 6.44. The molecule has 3 N–H and O–H groups in total. The lowest BCUT2D eigenvalue weighted by Crippen LogP contribution is -2.40. The summed E-state index contributed by atoms with van der Waals surface area (Å²) in [4.78, 5) is 16.6. The van der Waals surface area contributed by atoms with Crippen LogP contribution >= 0.6 is 0 Å². The number of esters is 1. The Hall–Kier alpha value is -2.63. The summed E-state index contributed by atoms with van der Waals surface area (Å²) in [7, 11) is 0. The zero-order valence-corrected chi connectivity index (χ0v) is 17.2. The van der Waals surface area contributed by atoms with Gasteiger partial charge in [0.2, 0.25) is 0 Å². The summed E-state index contributed by atoms with van der Waals surface area (Å²) in [6.45, 7) is 1.59. The summed E-state index contributed by atoms with van der Waals surface area (Å²) in [5, 5.41) is 8.42. The van der Waals surface area contributed by atoms with Gasteiger partial charge in [0.15, 0.2) is 0 Å². The van der Waals surface area contributed by atoms with Crippen LogP contribution in [0.3, 0.4) is 0 Å². The zero-order chi connectivity index (χ0) is 20.3. The van der Waals surface area contributed by atoms with Crippen molar-refractivity contribution in [2.24, 2.45) is 0 Å². The predicted molar refractivity (Wildman–Crippen MR) is 118 cm³/mol. The molecule has 2 atom stereocenters. The van der Waals surface area contributed by atoms with E-state index in [1.165, 1.54) is 22.2 Å². The van der Waals surface area contributed by atoms with Gasteiger partial charge in [-0.3, -0.25) is 5.32 Å². The molecule has 1 aliphatic heterocycles. The number of carbonyl (C=O) groups is 1. The number of aromatic nitrogens is 1. The Morgan fingerprint density at radius 2 is 1.83 bits per heavy atom. The lowest BCUT2D eigenvalue weighted by atomic mass is 9.98. The van der Waals surface area contributed by atoms with Crippen molar-refractivity contribution in [3.8, 4) is 0 Å². The van der Waals surface area contributed by atoms with Gasteiger partial charge in [-0.1, -0.05) is 48.5 Å². The first-order valence-corrected chi connectivity index (χ1v) is 11.1. The Balaban J connectivity index is 1.35. The molecule has 1 unspecified atom stereocenters. The maximum absolute atomic E-state index is 13.0. The van der Waals surface area contributed by atoms with Crippen molar-refractivity contribution >= 4 is 16.9 Å². The highest BCUT2D eigenvalue weighted by molar-refractivity contribution is 5.85. The van der Waals surface area contributed by atoms with Crippen LogP contribution < -0.4 is 10.6 Å². The molecule has 0 amide bonds. The van der Waals surface area contributed by atoms with E-state index in [0.29, 0.717) is 6.54 Å². The molecule has 0 bridgehead atoms. The van der Waals surface area contributed by atoms with E-state index >= 15 is 0 Å². The molecule has 2 aliphatic rings. The number of rotatable bonds is 6. The van der Waals surface area contributed by atoms with Crippen molar-refractivity contribution in [3.63, 3.8) is 0 Å². The van der Waals surface area contributed by atoms with Gasteiger partial charge >= 0.3 is 5.97 Å². The zero-order valence-electron chi connectivity index (χ0n) is 17.2. The van der Waals surface area contributed by atoms with Crippen molar-refractivity contribution in [2.45, 2.75) is 50.3 Å². The number of aromatic amines is 1. The van der Waals surface area contributed by atoms with Gasteiger partial charge in [0.25, 0.3) is 0 Å². The second kappa shape index (κ2) is 8.62. The number of hydrogen-bond acceptors (Lipinski definition) is 4. The number of benzene rings is 2. The third kappa shape index (κ3) is 3.87. The van der Waals surface area contributed by atoms with Crippen LogP contribution in [0.1, 0.15) is 54.6 Å². The molecule has 1 aromatic heterocycles. The topological polar surface area (TPSA) is 66.2 Å². The first kappa shape index (κ1) is 19.3. The van der Waals surface area contributed by atoms with Crippen LogP contribution in [0.4, 0.5) is 0 Å². The van der Waals surface area contributed by atoms with Crippen LogP contribution in [-0.4, -0.2) is 30.1 Å². The van der Waals surface area contributed by atoms with E-state index in [1.54, 1.807) is 0 Å². The molecular weight excluding hydrogens is 374 g/mol. The van der Waals surface area contributed by atoms with Crippen LogP contribution in [-0.2, 0) is 16.0 Å². The Morgan fingerprint density at radius 3 is 2.67 bits per heavy atom. The molecule has 1 aliphatic carbocycles. The van der Waals surface area contributed by atoms with Crippen LogP contribution in [0.2, 0.25) is 0 Å². The van der Waals surface area contributed by atoms with Gasteiger partial charge in [-0.15, -0.1) is 0 Å². The van der Waals surface area contributed by atoms with Crippen LogP contribution in [0, 0.1) is 0 Å². The van der Waals surface area contributed by atoms with E-state index in [-0.39, 0.29) is 18.1 Å². The fourth-order valence-corrected chi connectivity index (χ4v) is 4.89. The molecule has 30 heavy (non-hydrogen) atoms. The van der Waals surface area contributed by atoms with Crippen molar-refractivity contribution in [1.29, 1.82) is 0 Å². The van der Waals surface area contributed by atoms with Crippen molar-refractivity contribution < 1.29 is 9.53 Å². The van der Waals surface area contributed by atoms with Gasteiger partial charge < -0.3 is 15.0 Å². The number of para-hydroxylation sites is 1. The summed E-state index contributed by atoms with van der Waals surface area (Å²) in [5.41, 5.74) is 4.75. The normalized spacial score (nSPS) is 20.2. The Bertz CT molecular complexity index is 1010. The second-order valence-corrected chi connectivity index (χ2v) is 8.41. The average molecular weight is 404 g/mol. The van der Waals surface area contributed by atoms with Gasteiger partial charge in [-0.2, -0.15) is 0 Å². The molecule has 5 nitrogen and oxygen atoms in total. The summed E-state index contributed by atoms with van der Waals surface area (Å²) in [5.74, 6) is -0.166. The third-order valence-electron chi connectivity index (χ3n) is 6.44. The number of nitrogens with one attached hydrogen (secondary N) is 3. The van der Waals surface area contributed by atoms with Gasteiger partial charge in [0.05, 0.1) is 6.04 Å². The van der Waals surface area contributed by atoms with Crippen LogP contribution in [0.5, 0.6) is 0 Å². The fourth-order valence-electron chi connectivity index (χ4n) is 4.89. The van der Waals surface area contributed by atoms with E-state index in [2.05, 4.69) is 39.9 Å². The fraction of sp³-hybridized carbons (Fsp3) is 0.400. The van der Waals surface area contributed by atoms with Crippen molar-refractivity contribution in [2.75, 3.05) is 13.1 Å². The molecule has 1 fully saturated rings. The maximum atomic E-state index is 13.0. The van der Waals surface area contributed by atoms with E-state index < -0.39 is 6.04 Å². The Morgan fingerprint density at radius 1 is 1.07 bits per heavy atom. The molecule has 5 heteroatoms. The molecule has 0 radical (unpaired) electrons. The monoisotopic (exact) mass is 403 g/mol. The van der Waals surface area contributed by atoms with Crippen LogP contribution in [0.25, 0.3) is 10.9 Å². The van der Waals surface area contributed by atoms with Gasteiger partial charge in [-0.25, -0.2) is 4.79 Å². The van der Waals surface area contributed by atoms with E-state index in [4.69, 9.17) is 4.74 Å². The van der Waals surface area contributed by atoms with Crippen molar-refractivity contribution in [1.82, 2.24) is 15.6 Å². The first-order chi connectivity index (χ1) is 14.8. The average Bonchev–Trinajstić information content (AvgIpc) is 3.42. The molecule has 5 rings (SSSR count). The quantitative estimate of drug-likeness (QED) is 0.541. The number of hydrogen-bond donors (Lipinski definition) is 3. The lowest BCUT2D eigenvalue weighted by Gasteiger charge is -2.27. The molecular formula is C25H29N3O2. The SMILES string of the molecule is O=C(OC1CCCC1)[C@@H](NCC1NCCc2c1[nH]c1ccccc21)c1ccccc1. The first-order valence-electron chi connectivity index (χ1n) is 11.1. The highest BCUT2D eigenvalue weighted by Gasteiger charge is 2.29. The second-order valence-electron chi connectivity index (χ2n) is 8.41. The van der Waals surface area contributed by atoms with Crippen LogP contribution in [0.15, 0.2) is 54.6 Å². The van der Waals surface area contributed by atoms with E-state index in [1.807, 2.05) is 30.3 Å². The number of ether oxygens (including phenoxy) is 1. The number of H-pyrrole nitrogens is 1. The summed E-state index contributed by atoms with van der Waals surface area (Å²) in [6.07, 6.45) is 5.35. The summed E-state index contributed by atoms with van der Waals surface area (Å²) in [6, 6.07) is 18.1. The lowest BCUT2D eigenvalue weighted by molar-refractivity contribution is -0.151. The summed E-state index contributed by atoms with van der Waals surface area (Å²) >= 11 is 0. The van der Waals surface area contributed by atoms with Crippen molar-refractivity contribution in [3.05, 3.63) is 71.4 Å². The Kier molecular flexibility index (Phi) is 5.56. The van der Waals surface area contributed by atoms with E-state index in [0.717, 1.165) is 44.2 Å². The minimum atomic E-state index is -0.455. The molecule has 1 saturated carbocycles. The highest BCUT2D eigenvalue weighted by atomic mass is 16.5. The molecule has 0 saturated heterocycles. The minimum Gasteiger partial charge on any atom is -0.461 e. The van der Waals surface area contributed by atoms with Gasteiger partial charge in [-0.05, 0) is 55.8 Å². The minimum absolute atomic E-state index is 0.0682. The van der Waals surface area contributed by atoms with Gasteiger partial charge in [0, 0.05) is 23.1 Å². The van der Waals surface area contributed by atoms with Gasteiger partial charge in [0.1, 0.15) is 12.1 Å². The Labute approximate surface area is 177 Å². The smallest absolute Gasteiger partial charge is 0.328 e. The standard InChI is InChI=1S/C25H29N3O2/c29-25(30-18-10-4-5-11-18)23(17-8-2-1-3-9-17)27-16-22-24-20(14-15-26-22)19-12-6-7-13-21(19)28-24/h1-3,6-9,12-13,18,22-23,26-28H,4-5,10-11,14-16H2/t22?,23-/m0/s1. The molecule has 2 heterocycles. The molecule has 0 spiro atoms. The molecule has 3 aromatic rings. The summed E-state index contributed by atoms with van der Waals surface area (Å²) < 4.78 is 5.86. The number of carbonyl (C=O) groups excluding carboxylic acids is 1. The highest BCUT2D eigenvalue weighted by Crippen LogP contribution is 2.30. The number of fused-ring (bicyclic) bond motifs is 3. The predicted octanol–water partition coefficient (Wildman–Crippen LogP) is 4.17. The molecule has 2 aromatic carbocycles.